The molecule has 0 radical (unpaired) electrons. The third kappa shape index (κ3) is 4.48. The molecule has 1 aliphatic rings. The van der Waals surface area contributed by atoms with Gasteiger partial charge in [0.2, 0.25) is 5.91 Å². The molecule has 1 amide bonds. The van der Waals surface area contributed by atoms with Gasteiger partial charge in [0.25, 0.3) is 0 Å². The molecule has 22 heavy (non-hydrogen) atoms. The van der Waals surface area contributed by atoms with Gasteiger partial charge in [-0.2, -0.15) is 0 Å². The molecular weight excluding hydrogens is 296 g/mol. The number of amides is 1. The lowest BCUT2D eigenvalue weighted by molar-refractivity contribution is -0.132. The molecule has 0 aromatic heterocycles. The molecule has 1 aromatic rings. The molecule has 0 aliphatic carbocycles. The van der Waals surface area contributed by atoms with E-state index in [2.05, 4.69) is 0 Å². The van der Waals surface area contributed by atoms with Crippen LogP contribution in [0, 0.1) is 0 Å². The van der Waals surface area contributed by atoms with Gasteiger partial charge < -0.3 is 15.7 Å². The van der Waals surface area contributed by atoms with Crippen LogP contribution >= 0.6 is 11.8 Å². The van der Waals surface area contributed by atoms with E-state index in [0.29, 0.717) is 0 Å². The number of hydrogen-bond acceptors (Lipinski definition) is 4. The highest BCUT2D eigenvalue weighted by molar-refractivity contribution is 7.99. The number of aliphatic hydroxyl groups is 1. The van der Waals surface area contributed by atoms with E-state index in [1.807, 2.05) is 35.2 Å². The first-order valence-electron chi connectivity index (χ1n) is 7.82. The lowest BCUT2D eigenvalue weighted by Crippen LogP contribution is -2.55. The van der Waals surface area contributed by atoms with Gasteiger partial charge in [-0.1, -0.05) is 30.3 Å². The van der Waals surface area contributed by atoms with Crippen molar-refractivity contribution in [2.75, 3.05) is 13.1 Å². The van der Waals surface area contributed by atoms with Crippen LogP contribution in [0.25, 0.3) is 0 Å². The van der Waals surface area contributed by atoms with Gasteiger partial charge in [0, 0.05) is 18.8 Å². The fourth-order valence-corrected chi connectivity index (χ4v) is 4.08. The summed E-state index contributed by atoms with van der Waals surface area (Å²) in [4.78, 5) is 14.3. The van der Waals surface area contributed by atoms with Gasteiger partial charge in [-0.05, 0) is 32.3 Å². The molecule has 0 saturated carbocycles. The minimum atomic E-state index is -1.01. The molecule has 2 atom stereocenters. The first-order valence-corrected chi connectivity index (χ1v) is 8.87. The van der Waals surface area contributed by atoms with Crippen LogP contribution < -0.4 is 5.73 Å². The SMILES string of the molecule is CC(C)(O)C(SCc1ccccc1)C(N)C(=O)N1CCCC1. The monoisotopic (exact) mass is 322 g/mol. The molecule has 1 aliphatic heterocycles. The molecule has 2 rings (SSSR count). The topological polar surface area (TPSA) is 66.6 Å². The van der Waals surface area contributed by atoms with E-state index in [9.17, 15) is 9.90 Å². The first kappa shape index (κ1) is 17.3. The Kier molecular flexibility index (Phi) is 5.89. The maximum absolute atomic E-state index is 12.5. The predicted molar refractivity (Wildman–Crippen MR) is 91.6 cm³/mol. The Morgan fingerprint density at radius 2 is 1.91 bits per heavy atom. The average molecular weight is 322 g/mol. The van der Waals surface area contributed by atoms with E-state index in [-0.39, 0.29) is 11.2 Å². The van der Waals surface area contributed by atoms with Crippen molar-refractivity contribution >= 4 is 17.7 Å². The number of rotatable bonds is 6. The van der Waals surface area contributed by atoms with Crippen LogP contribution in [0.2, 0.25) is 0 Å². The minimum Gasteiger partial charge on any atom is -0.389 e. The molecule has 0 bridgehead atoms. The maximum Gasteiger partial charge on any atom is 0.240 e. The zero-order valence-corrected chi connectivity index (χ0v) is 14.2. The quantitative estimate of drug-likeness (QED) is 0.841. The highest BCUT2D eigenvalue weighted by atomic mass is 32.2. The Bertz CT molecular complexity index is 481. The van der Waals surface area contributed by atoms with Crippen LogP contribution in [0.1, 0.15) is 32.3 Å². The minimum absolute atomic E-state index is 0.0369. The molecule has 4 nitrogen and oxygen atoms in total. The number of hydrogen-bond donors (Lipinski definition) is 2. The normalized spacial score (nSPS) is 18.3. The van der Waals surface area contributed by atoms with Gasteiger partial charge in [-0.25, -0.2) is 0 Å². The summed E-state index contributed by atoms with van der Waals surface area (Å²) in [6.07, 6.45) is 2.09. The molecular formula is C17H26N2O2S. The van der Waals surface area contributed by atoms with Crippen molar-refractivity contribution in [2.45, 2.75) is 49.3 Å². The second kappa shape index (κ2) is 7.49. The lowest BCUT2D eigenvalue weighted by Gasteiger charge is -2.34. The van der Waals surface area contributed by atoms with Gasteiger partial charge in [0.15, 0.2) is 0 Å². The van der Waals surface area contributed by atoms with Crippen molar-refractivity contribution < 1.29 is 9.90 Å². The van der Waals surface area contributed by atoms with Crippen molar-refractivity contribution in [2.24, 2.45) is 5.73 Å². The van der Waals surface area contributed by atoms with Crippen molar-refractivity contribution in [1.29, 1.82) is 0 Å². The fourth-order valence-electron chi connectivity index (χ4n) is 2.79. The van der Waals surface area contributed by atoms with E-state index in [4.69, 9.17) is 5.73 Å². The second-order valence-corrected chi connectivity index (χ2v) is 7.56. The van der Waals surface area contributed by atoms with Crippen molar-refractivity contribution in [3.63, 3.8) is 0 Å². The Balaban J connectivity index is 2.03. The average Bonchev–Trinajstić information content (AvgIpc) is 3.00. The van der Waals surface area contributed by atoms with E-state index in [0.717, 1.165) is 31.7 Å². The summed E-state index contributed by atoms with van der Waals surface area (Å²) >= 11 is 1.55. The van der Waals surface area contributed by atoms with E-state index in [1.165, 1.54) is 5.56 Å². The Hall–Kier alpha value is -1.04. The molecule has 1 aromatic carbocycles. The molecule has 2 unspecified atom stereocenters. The standard InChI is InChI=1S/C17H26N2O2S/c1-17(2,21)15(22-12-13-8-4-3-5-9-13)14(18)16(20)19-10-6-7-11-19/h3-5,8-9,14-15,21H,6-7,10-12,18H2,1-2H3. The summed E-state index contributed by atoms with van der Waals surface area (Å²) in [5.41, 5.74) is 6.38. The number of carbonyl (C=O) groups excluding carboxylic acids is 1. The summed E-state index contributed by atoms with van der Waals surface area (Å²) in [7, 11) is 0. The summed E-state index contributed by atoms with van der Waals surface area (Å²) in [5.74, 6) is 0.696. The Morgan fingerprint density at radius 3 is 2.45 bits per heavy atom. The summed E-state index contributed by atoms with van der Waals surface area (Å²) in [5, 5.41) is 10.1. The van der Waals surface area contributed by atoms with Crippen LogP contribution in [-0.4, -0.2) is 45.9 Å². The van der Waals surface area contributed by atoms with Crippen molar-refractivity contribution in [3.05, 3.63) is 35.9 Å². The van der Waals surface area contributed by atoms with Crippen molar-refractivity contribution in [3.8, 4) is 0 Å². The van der Waals surface area contributed by atoms with Crippen molar-refractivity contribution in [1.82, 2.24) is 4.90 Å². The number of nitrogens with zero attached hydrogens (tertiary/aromatic N) is 1. The number of likely N-dealkylation sites (tertiary alicyclic amines) is 1. The van der Waals surface area contributed by atoms with E-state index < -0.39 is 11.6 Å². The maximum atomic E-state index is 12.5. The molecule has 122 valence electrons. The molecule has 1 heterocycles. The fraction of sp³-hybridized carbons (Fsp3) is 0.588. The summed E-state index contributed by atoms with van der Waals surface area (Å²) in [6.45, 7) is 5.03. The number of nitrogens with two attached hydrogens (primary N) is 1. The first-order chi connectivity index (χ1) is 10.4. The second-order valence-electron chi connectivity index (χ2n) is 6.43. The lowest BCUT2D eigenvalue weighted by atomic mass is 9.98. The van der Waals surface area contributed by atoms with Crippen LogP contribution in [-0.2, 0) is 10.5 Å². The zero-order chi connectivity index (χ0) is 16.2. The van der Waals surface area contributed by atoms with Crippen LogP contribution in [0.4, 0.5) is 0 Å². The third-order valence-corrected chi connectivity index (χ3v) is 5.73. The summed E-state index contributed by atoms with van der Waals surface area (Å²) < 4.78 is 0. The van der Waals surface area contributed by atoms with Crippen LogP contribution in [0.5, 0.6) is 0 Å². The molecule has 5 heteroatoms. The van der Waals surface area contributed by atoms with Crippen LogP contribution in [0.15, 0.2) is 30.3 Å². The van der Waals surface area contributed by atoms with Gasteiger partial charge in [-0.15, -0.1) is 11.8 Å². The highest BCUT2D eigenvalue weighted by Crippen LogP contribution is 2.29. The van der Waals surface area contributed by atoms with E-state index in [1.54, 1.807) is 25.6 Å². The van der Waals surface area contributed by atoms with Gasteiger partial charge in [0.1, 0.15) is 0 Å². The van der Waals surface area contributed by atoms with E-state index >= 15 is 0 Å². The molecule has 3 N–H and O–H groups in total. The zero-order valence-electron chi connectivity index (χ0n) is 13.4. The molecule has 1 saturated heterocycles. The molecule has 1 fully saturated rings. The van der Waals surface area contributed by atoms with Gasteiger partial charge in [-0.3, -0.25) is 4.79 Å². The van der Waals surface area contributed by atoms with Crippen LogP contribution in [0.3, 0.4) is 0 Å². The number of carbonyl (C=O) groups is 1. The molecule has 0 spiro atoms. The Labute approximate surface area is 137 Å². The highest BCUT2D eigenvalue weighted by Gasteiger charge is 2.38. The van der Waals surface area contributed by atoms with Gasteiger partial charge in [0.05, 0.1) is 16.9 Å². The largest absolute Gasteiger partial charge is 0.389 e. The smallest absolute Gasteiger partial charge is 0.240 e. The Morgan fingerprint density at radius 1 is 1.32 bits per heavy atom. The van der Waals surface area contributed by atoms with Gasteiger partial charge >= 0.3 is 0 Å². The predicted octanol–water partition coefficient (Wildman–Crippen LogP) is 2.01. The third-order valence-electron chi connectivity index (χ3n) is 4.00. The number of benzene rings is 1. The number of thioether (sulfide) groups is 1. The summed E-state index contributed by atoms with van der Waals surface area (Å²) in [6, 6.07) is 9.37.